The highest BCUT2D eigenvalue weighted by Gasteiger charge is 2.10. The van der Waals surface area contributed by atoms with E-state index in [-0.39, 0.29) is 5.11 Å². The van der Waals surface area contributed by atoms with Crippen molar-refractivity contribution in [3.05, 3.63) is 33.9 Å². The van der Waals surface area contributed by atoms with Gasteiger partial charge in [0.05, 0.1) is 16.9 Å². The Kier molecular flexibility index (Phi) is 6.57. The van der Waals surface area contributed by atoms with E-state index in [1.165, 1.54) is 0 Å². The van der Waals surface area contributed by atoms with Crippen molar-refractivity contribution in [3.8, 4) is 11.5 Å². The van der Waals surface area contributed by atoms with Crippen LogP contribution < -0.4 is 20.6 Å². The first-order valence-corrected chi connectivity index (χ1v) is 6.77. The molecule has 0 aliphatic rings. The number of thiocarbonyl (C=S) groups is 1. The van der Waals surface area contributed by atoms with Gasteiger partial charge in [-0.05, 0) is 52.5 Å². The average Bonchev–Trinajstić information content (AvgIpc) is 2.36. The van der Waals surface area contributed by atoms with Crippen molar-refractivity contribution < 1.29 is 9.47 Å². The summed E-state index contributed by atoms with van der Waals surface area (Å²) in [5, 5.41) is 4.01. The summed E-state index contributed by atoms with van der Waals surface area (Å²) in [4.78, 5) is 0. The predicted molar refractivity (Wildman–Crippen MR) is 88.9 cm³/mol. The van der Waals surface area contributed by atoms with Crippen LogP contribution in [0.3, 0.4) is 0 Å². The van der Waals surface area contributed by atoms with E-state index in [0.29, 0.717) is 18.1 Å². The first-order valence-electron chi connectivity index (χ1n) is 5.28. The molecule has 3 N–H and O–H groups in total. The quantitative estimate of drug-likeness (QED) is 0.255. The fourth-order valence-electron chi connectivity index (χ4n) is 1.27. The van der Waals surface area contributed by atoms with E-state index in [1.54, 1.807) is 19.4 Å². The molecule has 0 bridgehead atoms. The molecule has 0 spiro atoms. The van der Waals surface area contributed by atoms with Gasteiger partial charge in [-0.3, -0.25) is 5.43 Å². The first-order chi connectivity index (χ1) is 9.08. The predicted octanol–water partition coefficient (Wildman–Crippen LogP) is 2.03. The molecule has 0 unspecified atom stereocenters. The van der Waals surface area contributed by atoms with Crippen LogP contribution in [0.1, 0.15) is 5.56 Å². The molecule has 0 radical (unpaired) electrons. The van der Waals surface area contributed by atoms with Crippen LogP contribution in [0.15, 0.2) is 29.9 Å². The molecule has 0 atom stereocenters. The van der Waals surface area contributed by atoms with Crippen molar-refractivity contribution in [1.29, 1.82) is 0 Å². The number of hydrogen-bond donors (Lipinski definition) is 2. The Balaban J connectivity index is 2.98. The van der Waals surface area contributed by atoms with Crippen LogP contribution in [0.2, 0.25) is 0 Å². The molecule has 102 valence electrons. The van der Waals surface area contributed by atoms with Gasteiger partial charge in [0, 0.05) is 0 Å². The van der Waals surface area contributed by atoms with E-state index in [0.717, 1.165) is 9.13 Å². The van der Waals surface area contributed by atoms with Crippen LogP contribution in [0.5, 0.6) is 11.5 Å². The van der Waals surface area contributed by atoms with Crippen molar-refractivity contribution in [1.82, 2.24) is 5.43 Å². The van der Waals surface area contributed by atoms with Gasteiger partial charge in [-0.25, -0.2) is 0 Å². The van der Waals surface area contributed by atoms with Crippen LogP contribution in [0, 0.1) is 3.57 Å². The molecule has 0 aliphatic heterocycles. The maximum atomic E-state index is 5.55. The number of nitrogens with zero attached hydrogens (tertiary/aromatic N) is 1. The molecule has 0 saturated heterocycles. The molecule has 0 heterocycles. The normalized spacial score (nSPS) is 10.2. The lowest BCUT2D eigenvalue weighted by Crippen LogP contribution is -2.24. The van der Waals surface area contributed by atoms with Crippen molar-refractivity contribution in [2.75, 3.05) is 13.7 Å². The van der Waals surface area contributed by atoms with Gasteiger partial charge in [0.1, 0.15) is 6.61 Å². The second-order valence-corrected chi connectivity index (χ2v) is 4.97. The lowest BCUT2D eigenvalue weighted by Gasteiger charge is -2.12. The first kappa shape index (κ1) is 15.7. The van der Waals surface area contributed by atoms with Crippen LogP contribution >= 0.6 is 34.8 Å². The minimum absolute atomic E-state index is 0.115. The summed E-state index contributed by atoms with van der Waals surface area (Å²) in [6.07, 6.45) is 3.28. The Morgan fingerprint density at radius 2 is 2.37 bits per heavy atom. The van der Waals surface area contributed by atoms with Crippen LogP contribution in [0.25, 0.3) is 0 Å². The Hall–Kier alpha value is -1.35. The second kappa shape index (κ2) is 7.95. The number of halogens is 1. The molecule has 1 aromatic rings. The topological polar surface area (TPSA) is 68.9 Å². The van der Waals surface area contributed by atoms with Gasteiger partial charge >= 0.3 is 0 Å². The van der Waals surface area contributed by atoms with Gasteiger partial charge in [0.2, 0.25) is 0 Å². The number of benzene rings is 1. The number of nitrogens with two attached hydrogens (primary N) is 1. The highest BCUT2D eigenvalue weighted by atomic mass is 127. The van der Waals surface area contributed by atoms with Crippen molar-refractivity contribution in [2.24, 2.45) is 10.8 Å². The summed E-state index contributed by atoms with van der Waals surface area (Å²) in [6, 6.07) is 3.72. The van der Waals surface area contributed by atoms with E-state index >= 15 is 0 Å². The average molecular weight is 391 g/mol. The summed E-state index contributed by atoms with van der Waals surface area (Å²) in [6.45, 7) is 4.03. The highest BCUT2D eigenvalue weighted by molar-refractivity contribution is 14.1. The smallest absolute Gasteiger partial charge is 0.184 e. The van der Waals surface area contributed by atoms with E-state index in [9.17, 15) is 0 Å². The second-order valence-electron chi connectivity index (χ2n) is 3.37. The van der Waals surface area contributed by atoms with Crippen LogP contribution in [-0.4, -0.2) is 25.0 Å². The van der Waals surface area contributed by atoms with Gasteiger partial charge in [0.25, 0.3) is 0 Å². The fraction of sp³-hybridized carbons (Fsp3) is 0.167. The minimum Gasteiger partial charge on any atom is -0.493 e. The largest absolute Gasteiger partial charge is 0.493 e. The Morgan fingerprint density at radius 3 is 2.95 bits per heavy atom. The molecule has 1 rings (SSSR count). The minimum atomic E-state index is 0.115. The van der Waals surface area contributed by atoms with Crippen molar-refractivity contribution >= 4 is 46.1 Å². The molecule has 0 amide bonds. The van der Waals surface area contributed by atoms with Crippen molar-refractivity contribution in [2.45, 2.75) is 0 Å². The van der Waals surface area contributed by atoms with Gasteiger partial charge < -0.3 is 15.2 Å². The van der Waals surface area contributed by atoms with Crippen LogP contribution in [0.4, 0.5) is 0 Å². The van der Waals surface area contributed by atoms with E-state index in [2.05, 4.69) is 51.9 Å². The number of methoxy groups -OCH3 is 1. The number of rotatable bonds is 6. The summed E-state index contributed by atoms with van der Waals surface area (Å²) >= 11 is 6.82. The summed E-state index contributed by atoms with van der Waals surface area (Å²) in [5.41, 5.74) is 8.61. The third-order valence-corrected chi connectivity index (χ3v) is 2.88. The maximum Gasteiger partial charge on any atom is 0.184 e. The summed E-state index contributed by atoms with van der Waals surface area (Å²) in [7, 11) is 1.58. The lowest BCUT2D eigenvalue weighted by molar-refractivity contribution is 0.324. The molecular formula is C12H14IN3O2S. The zero-order valence-electron chi connectivity index (χ0n) is 10.4. The maximum absolute atomic E-state index is 5.55. The summed E-state index contributed by atoms with van der Waals surface area (Å²) < 4.78 is 11.8. The molecule has 7 heteroatoms. The molecule has 0 fully saturated rings. The number of ether oxygens (including phenoxy) is 2. The van der Waals surface area contributed by atoms with Gasteiger partial charge in [-0.2, -0.15) is 5.10 Å². The molecule has 1 aromatic carbocycles. The fourth-order valence-corrected chi connectivity index (χ4v) is 2.10. The Bertz CT molecular complexity index is 506. The van der Waals surface area contributed by atoms with Gasteiger partial charge in [-0.15, -0.1) is 0 Å². The molecule has 0 saturated carbocycles. The van der Waals surface area contributed by atoms with Crippen molar-refractivity contribution in [3.63, 3.8) is 0 Å². The van der Waals surface area contributed by atoms with Gasteiger partial charge in [-0.1, -0.05) is 12.7 Å². The van der Waals surface area contributed by atoms with Gasteiger partial charge in [0.15, 0.2) is 16.6 Å². The molecule has 5 nitrogen and oxygen atoms in total. The zero-order valence-corrected chi connectivity index (χ0v) is 13.3. The third-order valence-electron chi connectivity index (χ3n) is 1.99. The third kappa shape index (κ3) is 5.03. The molecule has 0 aliphatic carbocycles. The number of hydrogen-bond acceptors (Lipinski definition) is 4. The zero-order chi connectivity index (χ0) is 14.3. The monoisotopic (exact) mass is 391 g/mol. The van der Waals surface area contributed by atoms with E-state index in [1.807, 2.05) is 12.1 Å². The molecule has 19 heavy (non-hydrogen) atoms. The standard InChI is InChI=1S/C12H14IN3O2S/c1-3-4-18-11-9(13)5-8(6-10(11)17-2)7-15-16-12(14)19/h3,5-7H,1,4H2,2H3,(H3,14,16,19)/b15-7-. The number of hydrazone groups is 1. The molecule has 0 aromatic heterocycles. The highest BCUT2D eigenvalue weighted by Crippen LogP contribution is 2.33. The van der Waals surface area contributed by atoms with Crippen LogP contribution in [-0.2, 0) is 0 Å². The Morgan fingerprint density at radius 1 is 1.63 bits per heavy atom. The van der Waals surface area contributed by atoms with E-state index < -0.39 is 0 Å². The summed E-state index contributed by atoms with van der Waals surface area (Å²) in [5.74, 6) is 1.31. The molecular weight excluding hydrogens is 377 g/mol. The lowest BCUT2D eigenvalue weighted by atomic mass is 10.2. The number of nitrogens with one attached hydrogen (secondary N) is 1. The SMILES string of the molecule is C=CCOc1c(I)cc(/C=N\NC(N)=S)cc1OC. The van der Waals surface area contributed by atoms with E-state index in [4.69, 9.17) is 15.2 Å². The Labute approximate surface area is 131 Å².